The zero-order valence-electron chi connectivity index (χ0n) is 16.4. The number of esters is 1. The van der Waals surface area contributed by atoms with E-state index in [1.807, 2.05) is 38.1 Å². The predicted octanol–water partition coefficient (Wildman–Crippen LogP) is 3.78. The third kappa shape index (κ3) is 4.29. The first-order valence-electron chi connectivity index (χ1n) is 9.67. The molecule has 1 N–H and O–H groups in total. The monoisotopic (exact) mass is 368 g/mol. The molecule has 1 fully saturated rings. The van der Waals surface area contributed by atoms with Gasteiger partial charge in [0.05, 0.1) is 31.0 Å². The van der Waals surface area contributed by atoms with E-state index in [2.05, 4.69) is 10.3 Å². The van der Waals surface area contributed by atoms with E-state index < -0.39 is 5.54 Å². The molecular formula is C22H28N2O3. The lowest BCUT2D eigenvalue weighted by molar-refractivity contribution is -0.143. The summed E-state index contributed by atoms with van der Waals surface area (Å²) >= 11 is 0. The van der Waals surface area contributed by atoms with Crippen LogP contribution in [0.5, 0.6) is 0 Å². The fourth-order valence-corrected chi connectivity index (χ4v) is 4.25. The number of hydrogen-bond donors (Lipinski definition) is 1. The molecule has 5 heteroatoms. The minimum Gasteiger partial charge on any atom is -0.469 e. The Morgan fingerprint density at radius 3 is 2.56 bits per heavy atom. The number of rotatable bonds is 5. The van der Waals surface area contributed by atoms with Gasteiger partial charge in [0.1, 0.15) is 0 Å². The molecule has 1 heterocycles. The minimum atomic E-state index is -0.478. The maximum absolute atomic E-state index is 12.9. The molecule has 2 aromatic rings. The molecule has 0 spiro atoms. The third-order valence-electron chi connectivity index (χ3n) is 5.75. The lowest BCUT2D eigenvalue weighted by atomic mass is 9.79. The number of fused-ring (bicyclic) bond motifs is 1. The molecule has 1 aromatic heterocycles. The van der Waals surface area contributed by atoms with Crippen molar-refractivity contribution in [2.45, 2.75) is 64.3 Å². The maximum atomic E-state index is 12.9. The highest BCUT2D eigenvalue weighted by Crippen LogP contribution is 2.32. The van der Waals surface area contributed by atoms with Crippen molar-refractivity contribution in [2.24, 2.45) is 0 Å². The smallest absolute Gasteiger partial charge is 0.307 e. The van der Waals surface area contributed by atoms with Crippen molar-refractivity contribution in [3.8, 4) is 0 Å². The number of methoxy groups -OCH3 is 1. The standard InChI is InChI=1S/C22H28N2O3/c1-15-17-9-5-6-10-19(17)23-16(2)18(15)13-20(25)24-22(14-21(26)27-3)11-7-4-8-12-22/h5-6,9-10H,4,7-8,11-14H2,1-3H3,(H,24,25). The molecule has 1 amide bonds. The fourth-order valence-electron chi connectivity index (χ4n) is 4.25. The van der Waals surface area contributed by atoms with Crippen LogP contribution in [0.15, 0.2) is 24.3 Å². The number of aromatic nitrogens is 1. The molecule has 1 aromatic carbocycles. The number of benzene rings is 1. The summed E-state index contributed by atoms with van der Waals surface area (Å²) in [5.41, 5.74) is 3.42. The fraction of sp³-hybridized carbons (Fsp3) is 0.500. The molecular weight excluding hydrogens is 340 g/mol. The van der Waals surface area contributed by atoms with Gasteiger partial charge < -0.3 is 10.1 Å². The maximum Gasteiger partial charge on any atom is 0.307 e. The Morgan fingerprint density at radius 2 is 1.85 bits per heavy atom. The summed E-state index contributed by atoms with van der Waals surface area (Å²) in [5.74, 6) is -0.319. The number of carbonyl (C=O) groups is 2. The number of aryl methyl sites for hydroxylation is 2. The van der Waals surface area contributed by atoms with Crippen LogP contribution in [0.2, 0.25) is 0 Å². The van der Waals surface area contributed by atoms with Crippen LogP contribution in [0.4, 0.5) is 0 Å². The van der Waals surface area contributed by atoms with Crippen LogP contribution in [0, 0.1) is 13.8 Å². The average Bonchev–Trinajstić information content (AvgIpc) is 2.65. The van der Waals surface area contributed by atoms with Crippen molar-refractivity contribution >= 4 is 22.8 Å². The van der Waals surface area contributed by atoms with Crippen LogP contribution in [0.3, 0.4) is 0 Å². The lowest BCUT2D eigenvalue weighted by Crippen LogP contribution is -2.51. The molecule has 0 bridgehead atoms. The summed E-state index contributed by atoms with van der Waals surface area (Å²) in [4.78, 5) is 29.5. The van der Waals surface area contributed by atoms with Gasteiger partial charge in [0.2, 0.25) is 5.91 Å². The first-order valence-corrected chi connectivity index (χ1v) is 9.67. The second kappa shape index (κ2) is 8.07. The number of amides is 1. The number of nitrogens with one attached hydrogen (secondary N) is 1. The Morgan fingerprint density at radius 1 is 1.15 bits per heavy atom. The van der Waals surface area contributed by atoms with Crippen LogP contribution in [0.25, 0.3) is 10.9 Å². The molecule has 27 heavy (non-hydrogen) atoms. The SMILES string of the molecule is COC(=O)CC1(NC(=O)Cc2c(C)nc3ccccc3c2C)CCCCC1. The summed E-state index contributed by atoms with van der Waals surface area (Å²) < 4.78 is 4.86. The highest BCUT2D eigenvalue weighted by atomic mass is 16.5. The molecule has 144 valence electrons. The molecule has 0 aliphatic heterocycles. The van der Waals surface area contributed by atoms with E-state index >= 15 is 0 Å². The summed E-state index contributed by atoms with van der Waals surface area (Å²) in [6, 6.07) is 7.99. The highest BCUT2D eigenvalue weighted by Gasteiger charge is 2.36. The second-order valence-electron chi connectivity index (χ2n) is 7.64. The molecule has 3 rings (SSSR count). The molecule has 0 saturated heterocycles. The van der Waals surface area contributed by atoms with Gasteiger partial charge in [-0.2, -0.15) is 0 Å². The first kappa shape index (κ1) is 19.3. The topological polar surface area (TPSA) is 68.3 Å². The van der Waals surface area contributed by atoms with Crippen LogP contribution >= 0.6 is 0 Å². The van der Waals surface area contributed by atoms with Gasteiger partial charge in [-0.15, -0.1) is 0 Å². The highest BCUT2D eigenvalue weighted by molar-refractivity contribution is 5.87. The van der Waals surface area contributed by atoms with Crippen LogP contribution in [-0.2, 0) is 20.7 Å². The summed E-state index contributed by atoms with van der Waals surface area (Å²) in [6.45, 7) is 4.00. The van der Waals surface area contributed by atoms with Gasteiger partial charge in [-0.05, 0) is 43.9 Å². The summed E-state index contributed by atoms with van der Waals surface area (Å²) in [5, 5.41) is 4.26. The lowest BCUT2D eigenvalue weighted by Gasteiger charge is -2.37. The molecule has 5 nitrogen and oxygen atoms in total. The molecule has 1 aliphatic rings. The molecule has 1 saturated carbocycles. The van der Waals surface area contributed by atoms with Crippen molar-refractivity contribution in [3.63, 3.8) is 0 Å². The van der Waals surface area contributed by atoms with Gasteiger partial charge in [0.15, 0.2) is 0 Å². The quantitative estimate of drug-likeness (QED) is 0.816. The summed E-state index contributed by atoms with van der Waals surface area (Å²) in [7, 11) is 1.40. The largest absolute Gasteiger partial charge is 0.469 e. The molecule has 0 atom stereocenters. The number of para-hydroxylation sites is 1. The van der Waals surface area contributed by atoms with E-state index in [9.17, 15) is 9.59 Å². The van der Waals surface area contributed by atoms with Gasteiger partial charge >= 0.3 is 5.97 Å². The summed E-state index contributed by atoms with van der Waals surface area (Å²) in [6.07, 6.45) is 5.34. The first-order chi connectivity index (χ1) is 12.9. The van der Waals surface area contributed by atoms with Crippen LogP contribution in [0.1, 0.15) is 55.3 Å². The molecule has 1 aliphatic carbocycles. The minimum absolute atomic E-state index is 0.0518. The van der Waals surface area contributed by atoms with E-state index in [-0.39, 0.29) is 24.7 Å². The Kier molecular flexibility index (Phi) is 5.78. The number of carbonyl (C=O) groups excluding carboxylic acids is 2. The van der Waals surface area contributed by atoms with Crippen molar-refractivity contribution in [1.82, 2.24) is 10.3 Å². The Labute approximate surface area is 160 Å². The Hall–Kier alpha value is -2.43. The van der Waals surface area contributed by atoms with Gasteiger partial charge in [0, 0.05) is 11.1 Å². The van der Waals surface area contributed by atoms with Crippen LogP contribution in [-0.4, -0.2) is 29.5 Å². The second-order valence-corrected chi connectivity index (χ2v) is 7.64. The zero-order chi connectivity index (χ0) is 19.4. The van der Waals surface area contributed by atoms with Gasteiger partial charge in [0.25, 0.3) is 0 Å². The van der Waals surface area contributed by atoms with Gasteiger partial charge in [-0.25, -0.2) is 0 Å². The van der Waals surface area contributed by atoms with Crippen LogP contribution < -0.4 is 5.32 Å². The van der Waals surface area contributed by atoms with E-state index in [0.29, 0.717) is 0 Å². The molecule has 0 radical (unpaired) electrons. The van der Waals surface area contributed by atoms with Crippen molar-refractivity contribution in [2.75, 3.05) is 7.11 Å². The van der Waals surface area contributed by atoms with Crippen molar-refractivity contribution in [3.05, 3.63) is 41.1 Å². The normalized spacial score (nSPS) is 16.1. The van der Waals surface area contributed by atoms with Gasteiger partial charge in [-0.1, -0.05) is 37.5 Å². The number of pyridine rings is 1. The Bertz CT molecular complexity index is 854. The zero-order valence-corrected chi connectivity index (χ0v) is 16.4. The average molecular weight is 368 g/mol. The van der Waals surface area contributed by atoms with E-state index in [4.69, 9.17) is 4.74 Å². The number of ether oxygens (including phenoxy) is 1. The van der Waals surface area contributed by atoms with E-state index in [0.717, 1.165) is 59.8 Å². The van der Waals surface area contributed by atoms with E-state index in [1.54, 1.807) is 0 Å². The van der Waals surface area contributed by atoms with Crippen molar-refractivity contribution in [1.29, 1.82) is 0 Å². The molecule has 0 unspecified atom stereocenters. The third-order valence-corrected chi connectivity index (χ3v) is 5.75. The van der Waals surface area contributed by atoms with Gasteiger partial charge in [-0.3, -0.25) is 14.6 Å². The number of hydrogen-bond acceptors (Lipinski definition) is 4. The predicted molar refractivity (Wildman–Crippen MR) is 106 cm³/mol. The Balaban J connectivity index is 1.82. The number of nitrogens with zero attached hydrogens (tertiary/aromatic N) is 1. The van der Waals surface area contributed by atoms with Crippen molar-refractivity contribution < 1.29 is 14.3 Å². The van der Waals surface area contributed by atoms with E-state index in [1.165, 1.54) is 7.11 Å².